The van der Waals surface area contributed by atoms with E-state index in [0.717, 1.165) is 12.1 Å². The maximum absolute atomic E-state index is 12.3. The molecule has 0 radical (unpaired) electrons. The lowest BCUT2D eigenvalue weighted by atomic mass is 10.2. The summed E-state index contributed by atoms with van der Waals surface area (Å²) in [6, 6.07) is 3.62. The topological polar surface area (TPSA) is 55.1 Å². The van der Waals surface area contributed by atoms with Gasteiger partial charge in [-0.1, -0.05) is 6.07 Å². The van der Waals surface area contributed by atoms with Crippen LogP contribution < -0.4 is 11.1 Å². The van der Waals surface area contributed by atoms with Crippen molar-refractivity contribution in [2.45, 2.75) is 19.1 Å². The minimum absolute atomic E-state index is 0. The normalized spacial score (nSPS) is 12.5. The first-order chi connectivity index (χ1) is 7.30. The van der Waals surface area contributed by atoms with Crippen LogP contribution in [-0.2, 0) is 11.0 Å². The summed E-state index contributed by atoms with van der Waals surface area (Å²) in [6.45, 7) is 1.45. The Kier molecular flexibility index (Phi) is 5.44. The predicted molar refractivity (Wildman–Crippen MR) is 61.0 cm³/mol. The number of alkyl halides is 3. The number of hydrogen-bond donors (Lipinski definition) is 2. The van der Waals surface area contributed by atoms with Crippen molar-refractivity contribution in [1.29, 1.82) is 0 Å². The van der Waals surface area contributed by atoms with Crippen LogP contribution in [0.5, 0.6) is 0 Å². The van der Waals surface area contributed by atoms with Crippen molar-refractivity contribution in [3.05, 3.63) is 29.8 Å². The van der Waals surface area contributed by atoms with Crippen LogP contribution >= 0.6 is 12.4 Å². The second kappa shape index (κ2) is 5.88. The highest BCUT2D eigenvalue weighted by Crippen LogP contribution is 2.30. The molecule has 0 fully saturated rings. The van der Waals surface area contributed by atoms with Gasteiger partial charge in [0.1, 0.15) is 0 Å². The van der Waals surface area contributed by atoms with Crippen LogP contribution in [0.4, 0.5) is 18.9 Å². The molecular formula is C10H12ClF3N2O. The number of amides is 1. The molecule has 0 aliphatic rings. The van der Waals surface area contributed by atoms with Crippen molar-refractivity contribution in [1.82, 2.24) is 0 Å². The summed E-state index contributed by atoms with van der Waals surface area (Å²) in [7, 11) is 0. The van der Waals surface area contributed by atoms with E-state index in [1.807, 2.05) is 0 Å². The van der Waals surface area contributed by atoms with Crippen molar-refractivity contribution in [2.75, 3.05) is 5.32 Å². The Hall–Kier alpha value is -1.27. The zero-order valence-corrected chi connectivity index (χ0v) is 9.73. The predicted octanol–water partition coefficient (Wildman–Crippen LogP) is 2.41. The summed E-state index contributed by atoms with van der Waals surface area (Å²) in [5.41, 5.74) is 4.54. The van der Waals surface area contributed by atoms with E-state index in [1.54, 1.807) is 0 Å². The molecule has 0 aliphatic carbocycles. The lowest BCUT2D eigenvalue weighted by molar-refractivity contribution is -0.137. The third-order valence-corrected chi connectivity index (χ3v) is 1.87. The lowest BCUT2D eigenvalue weighted by Crippen LogP contribution is -2.32. The molecule has 0 saturated carbocycles. The number of rotatable bonds is 2. The van der Waals surface area contributed by atoms with Gasteiger partial charge in [-0.05, 0) is 25.1 Å². The first-order valence-corrected chi connectivity index (χ1v) is 4.54. The number of carbonyl (C=O) groups is 1. The molecule has 96 valence electrons. The van der Waals surface area contributed by atoms with Gasteiger partial charge in [0, 0.05) is 5.69 Å². The van der Waals surface area contributed by atoms with Gasteiger partial charge in [-0.25, -0.2) is 0 Å². The van der Waals surface area contributed by atoms with Gasteiger partial charge in [0.2, 0.25) is 5.91 Å². The Morgan fingerprint density at radius 2 is 2.00 bits per heavy atom. The van der Waals surface area contributed by atoms with Gasteiger partial charge in [-0.3, -0.25) is 4.79 Å². The molecule has 1 atom stereocenters. The largest absolute Gasteiger partial charge is 0.416 e. The molecule has 1 aromatic rings. The van der Waals surface area contributed by atoms with Crippen LogP contribution in [0.25, 0.3) is 0 Å². The van der Waals surface area contributed by atoms with Gasteiger partial charge in [0.05, 0.1) is 11.6 Å². The highest BCUT2D eigenvalue weighted by atomic mass is 35.5. The third-order valence-electron chi connectivity index (χ3n) is 1.87. The number of hydrogen-bond acceptors (Lipinski definition) is 2. The molecule has 0 heterocycles. The van der Waals surface area contributed by atoms with E-state index in [1.165, 1.54) is 19.1 Å². The first kappa shape index (κ1) is 15.7. The molecule has 1 rings (SSSR count). The molecule has 17 heavy (non-hydrogen) atoms. The first-order valence-electron chi connectivity index (χ1n) is 4.54. The fourth-order valence-corrected chi connectivity index (χ4v) is 1.03. The summed E-state index contributed by atoms with van der Waals surface area (Å²) in [5, 5.41) is 2.29. The summed E-state index contributed by atoms with van der Waals surface area (Å²) >= 11 is 0. The van der Waals surface area contributed by atoms with Crippen LogP contribution in [0.3, 0.4) is 0 Å². The van der Waals surface area contributed by atoms with E-state index >= 15 is 0 Å². The standard InChI is InChI=1S/C10H11F3N2O.ClH/c1-6(14)9(16)15-8-4-2-3-7(5-8)10(11,12)13;/h2-6H,14H2,1H3,(H,15,16);1H. The molecule has 0 aliphatic heterocycles. The highest BCUT2D eigenvalue weighted by Gasteiger charge is 2.30. The summed E-state index contributed by atoms with van der Waals surface area (Å²) in [5.74, 6) is -0.528. The Balaban J connectivity index is 0.00000256. The Bertz CT molecular complexity index is 393. The number of nitrogens with one attached hydrogen (secondary N) is 1. The van der Waals surface area contributed by atoms with Gasteiger partial charge >= 0.3 is 6.18 Å². The molecule has 1 unspecified atom stereocenters. The van der Waals surface area contributed by atoms with Crippen LogP contribution in [-0.4, -0.2) is 11.9 Å². The average Bonchev–Trinajstić information content (AvgIpc) is 2.16. The van der Waals surface area contributed by atoms with Crippen molar-refractivity contribution in [2.24, 2.45) is 5.73 Å². The van der Waals surface area contributed by atoms with Gasteiger partial charge < -0.3 is 11.1 Å². The van der Waals surface area contributed by atoms with E-state index in [9.17, 15) is 18.0 Å². The zero-order valence-electron chi connectivity index (χ0n) is 8.91. The maximum Gasteiger partial charge on any atom is 0.416 e. The smallest absolute Gasteiger partial charge is 0.325 e. The van der Waals surface area contributed by atoms with Crippen LogP contribution in [0, 0.1) is 0 Å². The molecule has 0 spiro atoms. The molecule has 3 nitrogen and oxygen atoms in total. The Morgan fingerprint density at radius 1 is 1.41 bits per heavy atom. The quantitative estimate of drug-likeness (QED) is 0.865. The average molecular weight is 269 g/mol. The van der Waals surface area contributed by atoms with E-state index in [0.29, 0.717) is 0 Å². The summed E-state index contributed by atoms with van der Waals surface area (Å²) in [6.07, 6.45) is -4.42. The molecule has 0 aromatic heterocycles. The number of nitrogens with two attached hydrogens (primary N) is 1. The second-order valence-corrected chi connectivity index (χ2v) is 3.36. The fraction of sp³-hybridized carbons (Fsp3) is 0.300. The van der Waals surface area contributed by atoms with Gasteiger partial charge in [0.15, 0.2) is 0 Å². The molecule has 0 bridgehead atoms. The van der Waals surface area contributed by atoms with Crippen LogP contribution in [0.15, 0.2) is 24.3 Å². The van der Waals surface area contributed by atoms with Crippen molar-refractivity contribution in [3.8, 4) is 0 Å². The Labute approximate surface area is 103 Å². The van der Waals surface area contributed by atoms with Crippen molar-refractivity contribution < 1.29 is 18.0 Å². The Morgan fingerprint density at radius 3 is 2.47 bits per heavy atom. The van der Waals surface area contributed by atoms with E-state index in [2.05, 4.69) is 5.32 Å². The molecule has 0 saturated heterocycles. The van der Waals surface area contributed by atoms with E-state index in [-0.39, 0.29) is 18.1 Å². The number of anilines is 1. The third kappa shape index (κ3) is 4.62. The highest BCUT2D eigenvalue weighted by molar-refractivity contribution is 5.94. The monoisotopic (exact) mass is 268 g/mol. The molecule has 3 N–H and O–H groups in total. The maximum atomic E-state index is 12.3. The minimum Gasteiger partial charge on any atom is -0.325 e. The minimum atomic E-state index is -4.42. The molecule has 1 amide bonds. The number of carbonyl (C=O) groups excluding carboxylic acids is 1. The summed E-state index contributed by atoms with van der Waals surface area (Å²) in [4.78, 5) is 11.2. The fourth-order valence-electron chi connectivity index (χ4n) is 1.03. The van der Waals surface area contributed by atoms with E-state index in [4.69, 9.17) is 5.73 Å². The molecule has 1 aromatic carbocycles. The summed E-state index contributed by atoms with van der Waals surface area (Å²) < 4.78 is 37.0. The lowest BCUT2D eigenvalue weighted by Gasteiger charge is -2.10. The van der Waals surface area contributed by atoms with Crippen molar-refractivity contribution in [3.63, 3.8) is 0 Å². The number of benzene rings is 1. The van der Waals surface area contributed by atoms with Crippen LogP contribution in [0.1, 0.15) is 12.5 Å². The second-order valence-electron chi connectivity index (χ2n) is 3.36. The van der Waals surface area contributed by atoms with E-state index < -0.39 is 23.7 Å². The zero-order chi connectivity index (χ0) is 12.3. The number of halogens is 4. The van der Waals surface area contributed by atoms with Crippen molar-refractivity contribution >= 4 is 24.0 Å². The van der Waals surface area contributed by atoms with Gasteiger partial charge in [0.25, 0.3) is 0 Å². The van der Waals surface area contributed by atoms with Gasteiger partial charge in [-0.2, -0.15) is 13.2 Å². The molecular weight excluding hydrogens is 257 g/mol. The molecule has 7 heteroatoms. The SMILES string of the molecule is CC(N)C(=O)Nc1cccc(C(F)(F)F)c1.Cl. The van der Waals surface area contributed by atoms with Crippen LogP contribution in [0.2, 0.25) is 0 Å². The van der Waals surface area contributed by atoms with Gasteiger partial charge in [-0.15, -0.1) is 12.4 Å².